The summed E-state index contributed by atoms with van der Waals surface area (Å²) >= 11 is 0. The van der Waals surface area contributed by atoms with E-state index in [9.17, 15) is 9.90 Å². The molecule has 0 spiro atoms. The van der Waals surface area contributed by atoms with Crippen LogP contribution in [0, 0.1) is 20.8 Å². The minimum Gasteiger partial charge on any atom is -0.545 e. The molecule has 0 saturated heterocycles. The molecule has 96 valence electrons. The first-order chi connectivity index (χ1) is 8.99. The van der Waals surface area contributed by atoms with Crippen LogP contribution < -0.4 is 34.7 Å². The van der Waals surface area contributed by atoms with Gasteiger partial charge in [0.05, 0.1) is 17.0 Å². The second kappa shape index (κ2) is 5.20. The van der Waals surface area contributed by atoms with Crippen molar-refractivity contribution >= 4 is 22.6 Å². The first kappa shape index (κ1) is 15.0. The molecule has 0 aliphatic heterocycles. The molecule has 2 heterocycles. The summed E-state index contributed by atoms with van der Waals surface area (Å²) in [4.78, 5) is 15.8. The minimum absolute atomic E-state index is 0. The van der Waals surface area contributed by atoms with Gasteiger partial charge in [0.25, 0.3) is 0 Å². The molecule has 1 aromatic carbocycles. The number of benzene rings is 1. The predicted molar refractivity (Wildman–Crippen MR) is 71.2 cm³/mol. The largest absolute Gasteiger partial charge is 1.00 e. The average molecular weight is 276 g/mol. The van der Waals surface area contributed by atoms with E-state index in [0.717, 1.165) is 22.3 Å². The second-order valence-corrected chi connectivity index (χ2v) is 4.89. The van der Waals surface area contributed by atoms with E-state index in [1.54, 1.807) is 6.92 Å². The van der Waals surface area contributed by atoms with Gasteiger partial charge in [-0.3, -0.25) is 4.40 Å². The summed E-state index contributed by atoms with van der Waals surface area (Å²) in [5.41, 5.74) is 5.10. The van der Waals surface area contributed by atoms with E-state index in [0.29, 0.717) is 11.2 Å². The third-order valence-corrected chi connectivity index (χ3v) is 3.41. The van der Waals surface area contributed by atoms with E-state index in [-0.39, 0.29) is 35.1 Å². The van der Waals surface area contributed by atoms with Crippen molar-refractivity contribution in [1.29, 1.82) is 0 Å². The molecule has 5 heteroatoms. The average Bonchev–Trinajstić information content (AvgIpc) is 2.66. The fraction of sp³-hybridized carbons (Fsp3) is 0.200. The number of aromatic nitrogens is 2. The summed E-state index contributed by atoms with van der Waals surface area (Å²) in [5, 5.41) is 11.3. The van der Waals surface area contributed by atoms with Crippen LogP contribution in [-0.4, -0.2) is 15.4 Å². The van der Waals surface area contributed by atoms with Gasteiger partial charge >= 0.3 is 29.6 Å². The Morgan fingerprint density at radius 3 is 2.55 bits per heavy atom. The number of aromatic carboxylic acids is 1. The Labute approximate surface area is 138 Å². The SMILES string of the molecule is Cc1ccc2nc3c(C(=O)[O-])c(C)cc(C)n3c2c1.[Na+]. The van der Waals surface area contributed by atoms with Gasteiger partial charge in [0.1, 0.15) is 5.65 Å². The maximum atomic E-state index is 11.3. The molecule has 0 N–H and O–H groups in total. The van der Waals surface area contributed by atoms with E-state index in [2.05, 4.69) is 4.98 Å². The number of carboxylic acid groups (broad SMARTS) is 1. The molecule has 0 atom stereocenters. The van der Waals surface area contributed by atoms with Crippen molar-refractivity contribution in [3.63, 3.8) is 0 Å². The van der Waals surface area contributed by atoms with Crippen molar-refractivity contribution < 1.29 is 39.5 Å². The topological polar surface area (TPSA) is 57.4 Å². The monoisotopic (exact) mass is 276 g/mol. The molecule has 0 saturated carbocycles. The number of fused-ring (bicyclic) bond motifs is 3. The smallest absolute Gasteiger partial charge is 0.545 e. The number of carboxylic acids is 1. The molecule has 0 fully saturated rings. The van der Waals surface area contributed by atoms with Crippen LogP contribution in [0.1, 0.15) is 27.2 Å². The van der Waals surface area contributed by atoms with E-state index in [1.807, 2.05) is 42.5 Å². The Kier molecular flexibility index (Phi) is 3.91. The number of aryl methyl sites for hydroxylation is 3. The number of imidazole rings is 1. The summed E-state index contributed by atoms with van der Waals surface area (Å²) in [6, 6.07) is 7.74. The quantitative estimate of drug-likeness (QED) is 0.524. The van der Waals surface area contributed by atoms with Crippen molar-refractivity contribution in [2.24, 2.45) is 0 Å². The van der Waals surface area contributed by atoms with Crippen molar-refractivity contribution in [3.8, 4) is 0 Å². The molecule has 2 aromatic heterocycles. The normalized spacial score (nSPS) is 10.8. The van der Waals surface area contributed by atoms with Crippen molar-refractivity contribution in [1.82, 2.24) is 9.38 Å². The number of carbonyl (C=O) groups is 1. The van der Waals surface area contributed by atoms with Crippen molar-refractivity contribution in [2.75, 3.05) is 0 Å². The predicted octanol–water partition coefficient (Wildman–Crippen LogP) is -1.22. The van der Waals surface area contributed by atoms with Crippen molar-refractivity contribution in [3.05, 3.63) is 46.6 Å². The Balaban J connectivity index is 0.00000147. The maximum absolute atomic E-state index is 11.3. The van der Waals surface area contributed by atoms with Crippen LogP contribution in [0.3, 0.4) is 0 Å². The first-order valence-electron chi connectivity index (χ1n) is 6.09. The third kappa shape index (κ3) is 2.14. The van der Waals surface area contributed by atoms with Crippen LogP contribution in [0.4, 0.5) is 0 Å². The Morgan fingerprint density at radius 2 is 1.90 bits per heavy atom. The molecule has 0 radical (unpaired) electrons. The fourth-order valence-corrected chi connectivity index (χ4v) is 2.59. The number of nitrogens with zero attached hydrogens (tertiary/aromatic N) is 2. The van der Waals surface area contributed by atoms with Crippen LogP contribution in [0.25, 0.3) is 16.7 Å². The molecule has 0 bridgehead atoms. The van der Waals surface area contributed by atoms with Crippen LogP contribution in [0.15, 0.2) is 24.3 Å². The number of hydrogen-bond donors (Lipinski definition) is 0. The second-order valence-electron chi connectivity index (χ2n) is 4.89. The van der Waals surface area contributed by atoms with E-state index in [1.165, 1.54) is 0 Å². The van der Waals surface area contributed by atoms with Gasteiger partial charge in [0.2, 0.25) is 0 Å². The molecule has 20 heavy (non-hydrogen) atoms. The summed E-state index contributed by atoms with van der Waals surface area (Å²) in [6.45, 7) is 5.72. The molecule has 4 nitrogen and oxygen atoms in total. The number of carbonyl (C=O) groups excluding carboxylic acids is 1. The fourth-order valence-electron chi connectivity index (χ4n) is 2.59. The number of pyridine rings is 1. The van der Waals surface area contributed by atoms with Gasteiger partial charge in [-0.1, -0.05) is 6.07 Å². The molecule has 0 aliphatic rings. The zero-order valence-electron chi connectivity index (χ0n) is 12.0. The number of rotatable bonds is 1. The van der Waals surface area contributed by atoms with Gasteiger partial charge in [0, 0.05) is 11.3 Å². The van der Waals surface area contributed by atoms with E-state index < -0.39 is 5.97 Å². The minimum atomic E-state index is -1.19. The van der Waals surface area contributed by atoms with Crippen molar-refractivity contribution in [2.45, 2.75) is 20.8 Å². The summed E-state index contributed by atoms with van der Waals surface area (Å²) in [7, 11) is 0. The molecule has 0 amide bonds. The summed E-state index contributed by atoms with van der Waals surface area (Å²) in [6.07, 6.45) is 0. The Bertz CT molecular complexity index is 837. The van der Waals surface area contributed by atoms with Gasteiger partial charge in [-0.25, -0.2) is 4.98 Å². The third-order valence-electron chi connectivity index (χ3n) is 3.41. The van der Waals surface area contributed by atoms with E-state index >= 15 is 0 Å². The zero-order valence-corrected chi connectivity index (χ0v) is 14.0. The molecule has 0 unspecified atom stereocenters. The van der Waals surface area contributed by atoms with Gasteiger partial charge in [0.15, 0.2) is 0 Å². The number of hydrogen-bond acceptors (Lipinski definition) is 3. The van der Waals surface area contributed by atoms with Gasteiger partial charge in [-0.05, 0) is 50.1 Å². The van der Waals surface area contributed by atoms with Gasteiger partial charge < -0.3 is 9.90 Å². The molecule has 0 aliphatic carbocycles. The van der Waals surface area contributed by atoms with Gasteiger partial charge in [-0.15, -0.1) is 0 Å². The standard InChI is InChI=1S/C15H14N2O2.Na/c1-8-4-5-11-12(6-8)17-10(3)7-9(2)13(15(18)19)14(17)16-11;/h4-7H,1-3H3,(H,18,19);/q;+1/p-1. The Morgan fingerprint density at radius 1 is 1.20 bits per heavy atom. The van der Waals surface area contributed by atoms with E-state index in [4.69, 9.17) is 0 Å². The molecule has 3 rings (SSSR count). The van der Waals surface area contributed by atoms with Crippen LogP contribution >= 0.6 is 0 Å². The molecular formula is C15H13N2NaO2. The van der Waals surface area contributed by atoms with Crippen LogP contribution in [0.5, 0.6) is 0 Å². The first-order valence-corrected chi connectivity index (χ1v) is 6.09. The Hall–Kier alpha value is -1.36. The maximum Gasteiger partial charge on any atom is 1.00 e. The summed E-state index contributed by atoms with van der Waals surface area (Å²) < 4.78 is 1.88. The zero-order chi connectivity index (χ0) is 13.7. The molecular weight excluding hydrogens is 263 g/mol. The molecule has 3 aromatic rings. The summed E-state index contributed by atoms with van der Waals surface area (Å²) in [5.74, 6) is -1.19. The van der Waals surface area contributed by atoms with Gasteiger partial charge in [-0.2, -0.15) is 0 Å². The van der Waals surface area contributed by atoms with Crippen LogP contribution in [-0.2, 0) is 0 Å². The van der Waals surface area contributed by atoms with Crippen LogP contribution in [0.2, 0.25) is 0 Å².